The van der Waals surface area contributed by atoms with Crippen LogP contribution < -0.4 is 0 Å². The number of benzene rings is 1. The monoisotopic (exact) mass is 282 g/mol. The van der Waals surface area contributed by atoms with E-state index in [2.05, 4.69) is 12.1 Å². The number of fused-ring (bicyclic) bond motifs is 1. The molecule has 0 aromatic heterocycles. The number of rotatable bonds is 3. The molecule has 1 N–H and O–H groups in total. The Labute approximate surface area is 115 Å². The van der Waals surface area contributed by atoms with Gasteiger partial charge in [-0.2, -0.15) is 0 Å². The van der Waals surface area contributed by atoms with Crippen LogP contribution in [0.25, 0.3) is 0 Å². The lowest BCUT2D eigenvalue weighted by Gasteiger charge is -2.20. The summed E-state index contributed by atoms with van der Waals surface area (Å²) < 4.78 is 11.4. The lowest BCUT2D eigenvalue weighted by molar-refractivity contribution is -0.0342. The second-order valence-electron chi connectivity index (χ2n) is 4.28. The van der Waals surface area contributed by atoms with Crippen LogP contribution in [0.1, 0.15) is 6.42 Å². The summed E-state index contributed by atoms with van der Waals surface area (Å²) in [6, 6.07) is 8.24. The van der Waals surface area contributed by atoms with Crippen LogP contribution >= 0.6 is 23.5 Å². The standard InChI is InChI=1S/C13H14O3S2/c1-8-6-9(10(7-14)15-8)16-13-17-11-4-2-3-5-12(11)18-13/h1-5,8-10,13-14H,6-7H2/t8-,9+,10+/m0/s1. The van der Waals surface area contributed by atoms with E-state index in [9.17, 15) is 5.11 Å². The quantitative estimate of drug-likeness (QED) is 0.921. The third-order valence-electron chi connectivity index (χ3n) is 2.99. The van der Waals surface area contributed by atoms with Gasteiger partial charge >= 0.3 is 0 Å². The molecule has 0 saturated carbocycles. The van der Waals surface area contributed by atoms with E-state index in [1.54, 1.807) is 23.5 Å². The third-order valence-corrected chi connectivity index (χ3v) is 5.52. The maximum atomic E-state index is 9.23. The van der Waals surface area contributed by atoms with Crippen molar-refractivity contribution >= 4 is 23.5 Å². The number of aliphatic hydroxyl groups is 1. The first-order valence-electron chi connectivity index (χ1n) is 5.86. The van der Waals surface area contributed by atoms with Crippen molar-refractivity contribution < 1.29 is 14.6 Å². The molecule has 3 atom stereocenters. The molecule has 18 heavy (non-hydrogen) atoms. The van der Waals surface area contributed by atoms with E-state index in [0.29, 0.717) is 6.42 Å². The largest absolute Gasteiger partial charge is 0.394 e. The topological polar surface area (TPSA) is 38.7 Å². The molecular weight excluding hydrogens is 268 g/mol. The molecule has 1 aromatic rings. The van der Waals surface area contributed by atoms with Gasteiger partial charge in [-0.15, -0.1) is 0 Å². The molecule has 0 bridgehead atoms. The zero-order valence-corrected chi connectivity index (χ0v) is 11.3. The number of thioether (sulfide) groups is 2. The van der Waals surface area contributed by atoms with Crippen LogP contribution in [0.5, 0.6) is 0 Å². The average molecular weight is 282 g/mol. The molecule has 1 fully saturated rings. The maximum absolute atomic E-state index is 9.23. The summed E-state index contributed by atoms with van der Waals surface area (Å²) in [6.45, 7) is 5.67. The highest BCUT2D eigenvalue weighted by atomic mass is 32.2. The van der Waals surface area contributed by atoms with Crippen molar-refractivity contribution in [2.45, 2.75) is 39.3 Å². The summed E-state index contributed by atoms with van der Waals surface area (Å²) in [7, 11) is 0. The van der Waals surface area contributed by atoms with E-state index in [1.807, 2.05) is 12.1 Å². The SMILES string of the molecule is [CH][C@H]1C[C@@H](OC2Sc3ccccc3S2)[C@@H](CO)O1. The molecule has 0 unspecified atom stereocenters. The Morgan fingerprint density at radius 3 is 2.61 bits per heavy atom. The molecule has 5 heteroatoms. The fourth-order valence-corrected chi connectivity index (χ4v) is 4.72. The molecule has 0 amide bonds. The van der Waals surface area contributed by atoms with Crippen molar-refractivity contribution in [1.29, 1.82) is 0 Å². The fraction of sp³-hybridized carbons (Fsp3) is 0.462. The Morgan fingerprint density at radius 2 is 2.00 bits per heavy atom. The van der Waals surface area contributed by atoms with Gasteiger partial charge in [0.15, 0.2) is 4.77 Å². The van der Waals surface area contributed by atoms with Crippen LogP contribution in [-0.4, -0.2) is 34.8 Å². The van der Waals surface area contributed by atoms with Gasteiger partial charge in [0.25, 0.3) is 0 Å². The zero-order chi connectivity index (χ0) is 12.5. The number of hydrogen-bond donors (Lipinski definition) is 1. The fourth-order valence-electron chi connectivity index (χ4n) is 2.13. The van der Waals surface area contributed by atoms with E-state index in [0.717, 1.165) is 0 Å². The van der Waals surface area contributed by atoms with Crippen molar-refractivity contribution in [3.05, 3.63) is 31.2 Å². The highest BCUT2D eigenvalue weighted by Crippen LogP contribution is 2.49. The number of aliphatic hydroxyl groups excluding tert-OH is 1. The highest BCUT2D eigenvalue weighted by molar-refractivity contribution is 8.19. The van der Waals surface area contributed by atoms with E-state index in [1.165, 1.54) is 9.79 Å². The first-order chi connectivity index (χ1) is 8.76. The second kappa shape index (κ2) is 5.43. The summed E-state index contributed by atoms with van der Waals surface area (Å²) in [5.41, 5.74) is 0. The van der Waals surface area contributed by atoms with Crippen molar-refractivity contribution in [3.8, 4) is 0 Å². The summed E-state index contributed by atoms with van der Waals surface area (Å²) in [5.74, 6) is 0. The summed E-state index contributed by atoms with van der Waals surface area (Å²) >= 11 is 3.40. The van der Waals surface area contributed by atoms with Gasteiger partial charge in [0.1, 0.15) is 6.10 Å². The Morgan fingerprint density at radius 1 is 1.33 bits per heavy atom. The minimum atomic E-state index is -0.328. The van der Waals surface area contributed by atoms with Gasteiger partial charge in [-0.3, -0.25) is 0 Å². The minimum absolute atomic E-state index is 0.0235. The molecule has 96 valence electrons. The van der Waals surface area contributed by atoms with Crippen molar-refractivity contribution in [2.24, 2.45) is 0 Å². The van der Waals surface area contributed by atoms with Gasteiger partial charge in [-0.1, -0.05) is 35.7 Å². The zero-order valence-electron chi connectivity index (χ0n) is 9.69. The van der Waals surface area contributed by atoms with E-state index in [4.69, 9.17) is 16.4 Å². The van der Waals surface area contributed by atoms with Crippen molar-refractivity contribution in [2.75, 3.05) is 6.61 Å². The van der Waals surface area contributed by atoms with Crippen LogP contribution in [0.15, 0.2) is 34.1 Å². The smallest absolute Gasteiger partial charge is 0.159 e. The van der Waals surface area contributed by atoms with Crippen LogP contribution in [0.4, 0.5) is 0 Å². The lowest BCUT2D eigenvalue weighted by Crippen LogP contribution is -2.29. The molecule has 2 radical (unpaired) electrons. The summed E-state index contributed by atoms with van der Waals surface area (Å²) in [5, 5.41) is 9.23. The maximum Gasteiger partial charge on any atom is 0.159 e. The van der Waals surface area contributed by atoms with Crippen LogP contribution in [-0.2, 0) is 9.47 Å². The minimum Gasteiger partial charge on any atom is -0.394 e. The predicted molar refractivity (Wildman–Crippen MR) is 71.5 cm³/mol. The molecule has 3 nitrogen and oxygen atoms in total. The average Bonchev–Trinajstić information content (AvgIpc) is 2.92. The first kappa shape index (κ1) is 12.8. The molecule has 2 heterocycles. The normalized spacial score (nSPS) is 31.8. The lowest BCUT2D eigenvalue weighted by atomic mass is 10.1. The molecular formula is C13H14O3S2. The Balaban J connectivity index is 1.62. The van der Waals surface area contributed by atoms with Gasteiger partial charge in [0.2, 0.25) is 0 Å². The van der Waals surface area contributed by atoms with E-state index >= 15 is 0 Å². The molecule has 0 spiro atoms. The number of ether oxygens (including phenoxy) is 2. The van der Waals surface area contributed by atoms with Crippen LogP contribution in [0.2, 0.25) is 0 Å². The Bertz CT molecular complexity index is 401. The predicted octanol–water partition coefficient (Wildman–Crippen LogP) is 2.41. The number of hydrogen-bond acceptors (Lipinski definition) is 5. The second-order valence-corrected chi connectivity index (χ2v) is 6.78. The van der Waals surface area contributed by atoms with Gasteiger partial charge in [0.05, 0.1) is 18.8 Å². The Hall–Kier alpha value is -0.200. The molecule has 1 saturated heterocycles. The van der Waals surface area contributed by atoms with Gasteiger partial charge in [0, 0.05) is 16.2 Å². The summed E-state index contributed by atoms with van der Waals surface area (Å²) in [6.07, 6.45) is -0.112. The van der Waals surface area contributed by atoms with Gasteiger partial charge in [-0.25, -0.2) is 0 Å². The van der Waals surface area contributed by atoms with E-state index < -0.39 is 0 Å². The molecule has 2 aliphatic rings. The van der Waals surface area contributed by atoms with Gasteiger partial charge < -0.3 is 14.6 Å². The first-order valence-corrected chi connectivity index (χ1v) is 7.62. The van der Waals surface area contributed by atoms with Crippen molar-refractivity contribution in [3.63, 3.8) is 0 Å². The third kappa shape index (κ3) is 2.56. The van der Waals surface area contributed by atoms with E-state index in [-0.39, 0.29) is 29.7 Å². The van der Waals surface area contributed by atoms with Crippen LogP contribution in [0, 0.1) is 6.92 Å². The highest BCUT2D eigenvalue weighted by Gasteiger charge is 2.37. The Kier molecular flexibility index (Phi) is 3.86. The van der Waals surface area contributed by atoms with Crippen molar-refractivity contribution in [1.82, 2.24) is 0 Å². The molecule has 0 aliphatic carbocycles. The van der Waals surface area contributed by atoms with Crippen LogP contribution in [0.3, 0.4) is 0 Å². The molecule has 2 aliphatic heterocycles. The molecule has 1 aromatic carbocycles. The summed E-state index contributed by atoms with van der Waals surface area (Å²) in [4.78, 5) is 2.49. The molecule has 3 rings (SSSR count). The van der Waals surface area contributed by atoms with Gasteiger partial charge in [-0.05, 0) is 19.1 Å².